The van der Waals surface area contributed by atoms with Crippen molar-refractivity contribution in [1.29, 1.82) is 5.26 Å². The highest BCUT2D eigenvalue weighted by molar-refractivity contribution is 5.99. The zero-order chi connectivity index (χ0) is 12.7. The lowest BCUT2D eigenvalue weighted by molar-refractivity contribution is 0.0977. The molecule has 0 amide bonds. The van der Waals surface area contributed by atoms with Crippen molar-refractivity contribution in [2.24, 2.45) is 0 Å². The van der Waals surface area contributed by atoms with Crippen LogP contribution in [0.1, 0.15) is 29.6 Å². The van der Waals surface area contributed by atoms with Gasteiger partial charge < -0.3 is 9.47 Å². The predicted molar refractivity (Wildman–Crippen MR) is 63.3 cm³/mol. The van der Waals surface area contributed by atoms with Crippen molar-refractivity contribution in [1.82, 2.24) is 0 Å². The Morgan fingerprint density at radius 1 is 1.35 bits per heavy atom. The van der Waals surface area contributed by atoms with Crippen molar-refractivity contribution >= 4 is 5.78 Å². The van der Waals surface area contributed by atoms with Gasteiger partial charge in [0.1, 0.15) is 11.5 Å². The zero-order valence-electron chi connectivity index (χ0n) is 10.0. The summed E-state index contributed by atoms with van der Waals surface area (Å²) in [5.41, 5.74) is 0.504. The maximum Gasteiger partial charge on any atom is 0.166 e. The molecule has 0 heterocycles. The van der Waals surface area contributed by atoms with Gasteiger partial charge in [0.15, 0.2) is 5.78 Å². The molecule has 0 fully saturated rings. The molecule has 0 radical (unpaired) electrons. The van der Waals surface area contributed by atoms with Gasteiger partial charge in [-0.2, -0.15) is 5.26 Å². The molecule has 0 aliphatic carbocycles. The number of Topliss-reactive ketones (excluding diaryl/α,β-unsaturated/α-hetero) is 1. The van der Waals surface area contributed by atoms with E-state index in [-0.39, 0.29) is 5.78 Å². The van der Waals surface area contributed by atoms with Crippen molar-refractivity contribution in [2.75, 3.05) is 14.2 Å². The fraction of sp³-hybridized carbons (Fsp3) is 0.385. The Morgan fingerprint density at radius 2 is 2.12 bits per heavy atom. The molecule has 1 aromatic rings. The quantitative estimate of drug-likeness (QED) is 0.559. The van der Waals surface area contributed by atoms with E-state index in [0.29, 0.717) is 36.3 Å². The highest BCUT2D eigenvalue weighted by Crippen LogP contribution is 2.25. The SMILES string of the molecule is COc1ccc(OC)c(C(=O)CCCC#N)c1. The Labute approximate surface area is 101 Å². The Balaban J connectivity index is 2.86. The minimum absolute atomic E-state index is 0.0315. The van der Waals surface area contributed by atoms with Gasteiger partial charge in [0.05, 0.1) is 25.9 Å². The topological polar surface area (TPSA) is 59.3 Å². The molecule has 1 aromatic carbocycles. The summed E-state index contributed by atoms with van der Waals surface area (Å²) < 4.78 is 10.2. The Bertz CT molecular complexity index is 435. The van der Waals surface area contributed by atoms with Crippen LogP contribution in [0.5, 0.6) is 11.5 Å². The molecule has 90 valence electrons. The van der Waals surface area contributed by atoms with Gasteiger partial charge in [-0.25, -0.2) is 0 Å². The van der Waals surface area contributed by atoms with E-state index < -0.39 is 0 Å². The summed E-state index contributed by atoms with van der Waals surface area (Å²) in [7, 11) is 3.07. The normalized spacial score (nSPS) is 9.47. The van der Waals surface area contributed by atoms with Crippen LogP contribution < -0.4 is 9.47 Å². The number of nitriles is 1. The fourth-order valence-electron chi connectivity index (χ4n) is 1.49. The van der Waals surface area contributed by atoms with Crippen LogP contribution in [0, 0.1) is 11.3 Å². The van der Waals surface area contributed by atoms with Crippen LogP contribution in [-0.2, 0) is 0 Å². The third-order valence-corrected chi connectivity index (χ3v) is 2.40. The molecule has 0 aliphatic heterocycles. The molecule has 0 saturated carbocycles. The predicted octanol–water partition coefficient (Wildman–Crippen LogP) is 2.58. The van der Waals surface area contributed by atoms with Crippen LogP contribution in [0.2, 0.25) is 0 Å². The third-order valence-electron chi connectivity index (χ3n) is 2.40. The average molecular weight is 233 g/mol. The van der Waals surface area contributed by atoms with Crippen molar-refractivity contribution in [2.45, 2.75) is 19.3 Å². The van der Waals surface area contributed by atoms with E-state index >= 15 is 0 Å². The summed E-state index contributed by atoms with van der Waals surface area (Å²) in [5, 5.41) is 8.43. The summed E-state index contributed by atoms with van der Waals surface area (Å²) in [5.74, 6) is 1.12. The van der Waals surface area contributed by atoms with Gasteiger partial charge in [0.2, 0.25) is 0 Å². The third kappa shape index (κ3) is 3.49. The number of carbonyl (C=O) groups is 1. The second-order valence-electron chi connectivity index (χ2n) is 3.50. The summed E-state index contributed by atoms with van der Waals surface area (Å²) >= 11 is 0. The zero-order valence-corrected chi connectivity index (χ0v) is 10.0. The molecule has 1 rings (SSSR count). The van der Waals surface area contributed by atoms with E-state index in [9.17, 15) is 4.79 Å². The van der Waals surface area contributed by atoms with Gasteiger partial charge in [-0.3, -0.25) is 4.79 Å². The van der Waals surface area contributed by atoms with E-state index in [4.69, 9.17) is 14.7 Å². The second-order valence-corrected chi connectivity index (χ2v) is 3.50. The maximum atomic E-state index is 11.9. The lowest BCUT2D eigenvalue weighted by Crippen LogP contribution is -2.02. The number of methoxy groups -OCH3 is 2. The largest absolute Gasteiger partial charge is 0.497 e. The highest BCUT2D eigenvalue weighted by Gasteiger charge is 2.13. The van der Waals surface area contributed by atoms with Crippen LogP contribution in [0.4, 0.5) is 0 Å². The molecule has 4 nitrogen and oxygen atoms in total. The van der Waals surface area contributed by atoms with Crippen molar-refractivity contribution in [3.63, 3.8) is 0 Å². The molecule has 0 aromatic heterocycles. The van der Waals surface area contributed by atoms with Crippen molar-refractivity contribution in [3.8, 4) is 17.6 Å². The number of hydrogen-bond acceptors (Lipinski definition) is 4. The number of carbonyl (C=O) groups excluding carboxylic acids is 1. The van der Waals surface area contributed by atoms with Gasteiger partial charge in [-0.15, -0.1) is 0 Å². The van der Waals surface area contributed by atoms with Crippen LogP contribution in [0.25, 0.3) is 0 Å². The van der Waals surface area contributed by atoms with Crippen molar-refractivity contribution in [3.05, 3.63) is 23.8 Å². The van der Waals surface area contributed by atoms with E-state index in [2.05, 4.69) is 0 Å². The molecular formula is C13H15NO3. The molecule has 4 heteroatoms. The molecule has 17 heavy (non-hydrogen) atoms. The summed E-state index contributed by atoms with van der Waals surface area (Å²) in [6.07, 6.45) is 1.30. The number of nitrogens with zero attached hydrogens (tertiary/aromatic N) is 1. The maximum absolute atomic E-state index is 11.9. The van der Waals surface area contributed by atoms with Crippen molar-refractivity contribution < 1.29 is 14.3 Å². The lowest BCUT2D eigenvalue weighted by atomic mass is 10.0. The first-order valence-electron chi connectivity index (χ1n) is 5.35. The average Bonchev–Trinajstić information content (AvgIpc) is 2.38. The highest BCUT2D eigenvalue weighted by atomic mass is 16.5. The van der Waals surface area contributed by atoms with Gasteiger partial charge >= 0.3 is 0 Å². The number of ketones is 1. The summed E-state index contributed by atoms with van der Waals surface area (Å²) in [4.78, 5) is 11.9. The number of hydrogen-bond donors (Lipinski definition) is 0. The van der Waals surface area contributed by atoms with Crippen LogP contribution in [0.15, 0.2) is 18.2 Å². The van der Waals surface area contributed by atoms with E-state index in [1.165, 1.54) is 7.11 Å². The second kappa shape index (κ2) is 6.54. The first-order valence-corrected chi connectivity index (χ1v) is 5.35. The lowest BCUT2D eigenvalue weighted by Gasteiger charge is -2.09. The van der Waals surface area contributed by atoms with Gasteiger partial charge in [-0.05, 0) is 24.6 Å². The molecular weight excluding hydrogens is 218 g/mol. The fourth-order valence-corrected chi connectivity index (χ4v) is 1.49. The summed E-state index contributed by atoms with van der Waals surface area (Å²) in [6, 6.07) is 7.12. The van der Waals surface area contributed by atoms with Gasteiger partial charge in [0.25, 0.3) is 0 Å². The smallest absolute Gasteiger partial charge is 0.166 e. The Kier molecular flexibility index (Phi) is 5.02. The Morgan fingerprint density at radius 3 is 2.71 bits per heavy atom. The first-order chi connectivity index (χ1) is 8.22. The minimum Gasteiger partial charge on any atom is -0.497 e. The molecule has 0 saturated heterocycles. The van der Waals surface area contributed by atoms with E-state index in [1.807, 2.05) is 6.07 Å². The monoisotopic (exact) mass is 233 g/mol. The van der Waals surface area contributed by atoms with E-state index in [1.54, 1.807) is 25.3 Å². The minimum atomic E-state index is -0.0315. The number of benzene rings is 1. The number of unbranched alkanes of at least 4 members (excludes halogenated alkanes) is 1. The van der Waals surface area contributed by atoms with Gasteiger partial charge in [-0.1, -0.05) is 0 Å². The first kappa shape index (κ1) is 13.0. The molecule has 0 unspecified atom stereocenters. The standard InChI is InChI=1S/C13H15NO3/c1-16-10-6-7-13(17-2)11(9-10)12(15)5-3-4-8-14/h6-7,9H,3-5H2,1-2H3. The summed E-state index contributed by atoms with van der Waals surface area (Å²) in [6.45, 7) is 0. The number of rotatable bonds is 6. The van der Waals surface area contributed by atoms with Gasteiger partial charge in [0, 0.05) is 12.8 Å². The molecule has 0 aliphatic rings. The molecule has 0 N–H and O–H groups in total. The molecule has 0 atom stereocenters. The van der Waals surface area contributed by atoms with Crippen LogP contribution in [-0.4, -0.2) is 20.0 Å². The van der Waals surface area contributed by atoms with Crippen LogP contribution >= 0.6 is 0 Å². The molecule has 0 spiro atoms. The number of ether oxygens (including phenoxy) is 2. The van der Waals surface area contributed by atoms with Crippen LogP contribution in [0.3, 0.4) is 0 Å². The van der Waals surface area contributed by atoms with E-state index in [0.717, 1.165) is 0 Å². The Hall–Kier alpha value is -2.02. The molecule has 0 bridgehead atoms.